The van der Waals surface area contributed by atoms with Gasteiger partial charge >= 0.3 is 0 Å². The van der Waals surface area contributed by atoms with Gasteiger partial charge in [0.15, 0.2) is 11.7 Å². The third-order valence-corrected chi connectivity index (χ3v) is 5.59. The van der Waals surface area contributed by atoms with Crippen LogP contribution in [0.2, 0.25) is 0 Å². The number of rotatable bonds is 6. The first-order chi connectivity index (χ1) is 16.0. The number of nitriles is 1. The molecule has 8 nitrogen and oxygen atoms in total. The SMILES string of the molecule is COc1ccc(CNC(=O)[C@H](C#N)c2nc3ccccc3nc2N2C[C@@H](C)O[C@H](C)C2)cc1. The molecule has 170 valence electrons. The Hall–Kier alpha value is -3.70. The van der Waals surface area contributed by atoms with Gasteiger partial charge in [-0.25, -0.2) is 9.97 Å². The molecule has 0 radical (unpaired) electrons. The molecule has 1 N–H and O–H groups in total. The van der Waals surface area contributed by atoms with Gasteiger partial charge in [0.1, 0.15) is 11.4 Å². The van der Waals surface area contributed by atoms with E-state index in [0.29, 0.717) is 36.7 Å². The summed E-state index contributed by atoms with van der Waals surface area (Å²) in [7, 11) is 1.60. The second-order valence-electron chi connectivity index (χ2n) is 8.21. The number of ether oxygens (including phenoxy) is 2. The number of amides is 1. The van der Waals surface area contributed by atoms with Crippen LogP contribution < -0.4 is 15.0 Å². The molecule has 33 heavy (non-hydrogen) atoms. The Morgan fingerprint density at radius 3 is 2.39 bits per heavy atom. The molecule has 0 unspecified atom stereocenters. The molecule has 1 aliphatic rings. The van der Waals surface area contributed by atoms with Gasteiger partial charge in [0.25, 0.3) is 0 Å². The standard InChI is InChI=1S/C25H27N5O3/c1-16-14-30(15-17(2)33-16)24-23(28-21-6-4-5-7-22(21)29-24)20(12-26)25(31)27-13-18-8-10-19(32-3)11-9-18/h4-11,16-17,20H,13-15H2,1-3H3,(H,27,31)/t16-,17-,20-/m1/s1. The molecular formula is C25H27N5O3. The number of carbonyl (C=O) groups excluding carboxylic acids is 1. The van der Waals surface area contributed by atoms with Crippen molar-refractivity contribution in [2.75, 3.05) is 25.1 Å². The van der Waals surface area contributed by atoms with Crippen molar-refractivity contribution >= 4 is 22.8 Å². The predicted octanol–water partition coefficient (Wildman–Crippen LogP) is 3.18. The maximum atomic E-state index is 13.1. The summed E-state index contributed by atoms with van der Waals surface area (Å²) < 4.78 is 11.0. The van der Waals surface area contributed by atoms with Crippen molar-refractivity contribution in [2.24, 2.45) is 0 Å². The number of benzene rings is 2. The number of hydrogen-bond acceptors (Lipinski definition) is 7. The molecule has 1 aromatic heterocycles. The van der Waals surface area contributed by atoms with Crippen LogP contribution in [-0.4, -0.2) is 48.3 Å². The quantitative estimate of drug-likeness (QED) is 0.622. The summed E-state index contributed by atoms with van der Waals surface area (Å²) in [6.45, 7) is 5.51. The number of anilines is 1. The lowest BCUT2D eigenvalue weighted by Crippen LogP contribution is -2.46. The van der Waals surface area contributed by atoms with Crippen molar-refractivity contribution in [3.8, 4) is 11.8 Å². The second-order valence-corrected chi connectivity index (χ2v) is 8.21. The van der Waals surface area contributed by atoms with Gasteiger partial charge in [0.05, 0.1) is 36.4 Å². The minimum Gasteiger partial charge on any atom is -0.497 e. The van der Waals surface area contributed by atoms with Gasteiger partial charge in [0, 0.05) is 19.6 Å². The molecule has 4 rings (SSSR count). The van der Waals surface area contributed by atoms with E-state index in [1.807, 2.05) is 62.4 Å². The first kappa shape index (κ1) is 22.5. The first-order valence-corrected chi connectivity index (χ1v) is 11.0. The van der Waals surface area contributed by atoms with Crippen LogP contribution in [0.25, 0.3) is 11.0 Å². The second kappa shape index (κ2) is 9.84. The van der Waals surface area contributed by atoms with Crippen LogP contribution in [0.3, 0.4) is 0 Å². The Bertz CT molecular complexity index is 1160. The van der Waals surface area contributed by atoms with E-state index in [9.17, 15) is 10.1 Å². The minimum absolute atomic E-state index is 0.000644. The lowest BCUT2D eigenvalue weighted by atomic mass is 10.0. The van der Waals surface area contributed by atoms with Crippen molar-refractivity contribution in [3.05, 3.63) is 59.8 Å². The summed E-state index contributed by atoms with van der Waals surface area (Å²) in [4.78, 5) is 24.7. The highest BCUT2D eigenvalue weighted by atomic mass is 16.5. The number of fused-ring (bicyclic) bond motifs is 1. The van der Waals surface area contributed by atoms with Gasteiger partial charge in [-0.15, -0.1) is 0 Å². The van der Waals surface area contributed by atoms with Crippen LogP contribution in [0.15, 0.2) is 48.5 Å². The fourth-order valence-corrected chi connectivity index (χ4v) is 4.06. The molecule has 1 aliphatic heterocycles. The molecule has 0 saturated carbocycles. The summed E-state index contributed by atoms with van der Waals surface area (Å²) in [5, 5.41) is 12.8. The smallest absolute Gasteiger partial charge is 0.243 e. The van der Waals surface area contributed by atoms with Crippen molar-refractivity contribution in [1.29, 1.82) is 5.26 Å². The highest BCUT2D eigenvalue weighted by Crippen LogP contribution is 2.29. The van der Waals surface area contributed by atoms with Gasteiger partial charge in [-0.05, 0) is 43.7 Å². The summed E-state index contributed by atoms with van der Waals surface area (Å²) in [5.74, 6) is -0.204. The monoisotopic (exact) mass is 445 g/mol. The molecular weight excluding hydrogens is 418 g/mol. The van der Waals surface area contributed by atoms with Crippen molar-refractivity contribution in [1.82, 2.24) is 15.3 Å². The van der Waals surface area contributed by atoms with E-state index < -0.39 is 11.8 Å². The van der Waals surface area contributed by atoms with Gasteiger partial charge in [-0.2, -0.15) is 5.26 Å². The maximum absolute atomic E-state index is 13.1. The fraction of sp³-hybridized carbons (Fsp3) is 0.360. The lowest BCUT2D eigenvalue weighted by molar-refractivity contribution is -0.121. The van der Waals surface area contributed by atoms with E-state index >= 15 is 0 Å². The van der Waals surface area contributed by atoms with Crippen molar-refractivity contribution in [2.45, 2.75) is 38.5 Å². The highest BCUT2D eigenvalue weighted by Gasteiger charge is 2.31. The average Bonchev–Trinajstić information content (AvgIpc) is 2.82. The van der Waals surface area contributed by atoms with Gasteiger partial charge < -0.3 is 19.7 Å². The predicted molar refractivity (Wildman–Crippen MR) is 125 cm³/mol. The Morgan fingerprint density at radius 2 is 1.79 bits per heavy atom. The van der Waals surface area contributed by atoms with E-state index in [-0.39, 0.29) is 12.2 Å². The van der Waals surface area contributed by atoms with E-state index in [1.54, 1.807) is 7.11 Å². The Balaban J connectivity index is 1.64. The van der Waals surface area contributed by atoms with Crippen LogP contribution in [0.4, 0.5) is 5.82 Å². The number of carbonyl (C=O) groups is 1. The summed E-state index contributed by atoms with van der Waals surface area (Å²) in [6, 6.07) is 17.0. The Kier molecular flexibility index (Phi) is 6.71. The third kappa shape index (κ3) is 5.04. The molecule has 3 aromatic rings. The number of methoxy groups -OCH3 is 1. The summed E-state index contributed by atoms with van der Waals surface area (Å²) in [6.07, 6.45) is -0.00129. The Labute approximate surface area is 193 Å². The van der Waals surface area contributed by atoms with Crippen LogP contribution in [-0.2, 0) is 16.1 Å². The van der Waals surface area contributed by atoms with Crippen molar-refractivity contribution < 1.29 is 14.3 Å². The molecule has 0 bridgehead atoms. The average molecular weight is 446 g/mol. The molecule has 0 spiro atoms. The number of morpholine rings is 1. The van der Waals surface area contributed by atoms with E-state index in [1.165, 1.54) is 0 Å². The third-order valence-electron chi connectivity index (χ3n) is 5.59. The largest absolute Gasteiger partial charge is 0.497 e. The number of nitrogens with one attached hydrogen (secondary N) is 1. The first-order valence-electron chi connectivity index (χ1n) is 11.0. The van der Waals surface area contributed by atoms with Gasteiger partial charge in [-0.3, -0.25) is 4.79 Å². The zero-order valence-electron chi connectivity index (χ0n) is 19.0. The van der Waals surface area contributed by atoms with Crippen LogP contribution in [0.5, 0.6) is 5.75 Å². The molecule has 2 aromatic carbocycles. The topological polar surface area (TPSA) is 100 Å². The number of hydrogen-bond donors (Lipinski definition) is 1. The lowest BCUT2D eigenvalue weighted by Gasteiger charge is -2.37. The number of para-hydroxylation sites is 2. The Morgan fingerprint density at radius 1 is 1.15 bits per heavy atom. The van der Waals surface area contributed by atoms with E-state index in [2.05, 4.69) is 16.3 Å². The molecule has 1 amide bonds. The molecule has 1 saturated heterocycles. The molecule has 8 heteroatoms. The molecule has 2 heterocycles. The van der Waals surface area contributed by atoms with Gasteiger partial charge in [-0.1, -0.05) is 24.3 Å². The number of nitrogens with zero attached hydrogens (tertiary/aromatic N) is 4. The van der Waals surface area contributed by atoms with Crippen molar-refractivity contribution in [3.63, 3.8) is 0 Å². The summed E-state index contributed by atoms with van der Waals surface area (Å²) >= 11 is 0. The highest BCUT2D eigenvalue weighted by molar-refractivity contribution is 5.88. The van der Waals surface area contributed by atoms with Crippen LogP contribution >= 0.6 is 0 Å². The fourth-order valence-electron chi connectivity index (χ4n) is 4.06. The zero-order valence-corrected chi connectivity index (χ0v) is 19.0. The van der Waals surface area contributed by atoms with E-state index in [4.69, 9.17) is 19.4 Å². The maximum Gasteiger partial charge on any atom is 0.243 e. The number of aromatic nitrogens is 2. The molecule has 0 aliphatic carbocycles. The van der Waals surface area contributed by atoms with Crippen LogP contribution in [0, 0.1) is 11.3 Å². The molecule has 1 fully saturated rings. The zero-order chi connectivity index (χ0) is 23.4. The van der Waals surface area contributed by atoms with Crippen LogP contribution in [0.1, 0.15) is 31.0 Å². The minimum atomic E-state index is -1.09. The molecule has 3 atom stereocenters. The van der Waals surface area contributed by atoms with Gasteiger partial charge in [0.2, 0.25) is 5.91 Å². The van der Waals surface area contributed by atoms with E-state index in [0.717, 1.165) is 16.8 Å². The normalized spacial score (nSPS) is 19.0. The summed E-state index contributed by atoms with van der Waals surface area (Å²) in [5.41, 5.74) is 2.64.